The highest BCUT2D eigenvalue weighted by molar-refractivity contribution is 7.92. The van der Waals surface area contributed by atoms with Gasteiger partial charge in [-0.15, -0.1) is 0 Å². The van der Waals surface area contributed by atoms with Gasteiger partial charge < -0.3 is 15.2 Å². The lowest BCUT2D eigenvalue weighted by Crippen LogP contribution is -2.30. The van der Waals surface area contributed by atoms with Gasteiger partial charge in [-0.3, -0.25) is 4.31 Å². The van der Waals surface area contributed by atoms with Crippen molar-refractivity contribution in [2.24, 2.45) is 0 Å². The number of ether oxygens (including phenoxy) is 2. The molecular formula is C15H15ClN2O4S. The third kappa shape index (κ3) is 2.77. The Labute approximate surface area is 139 Å². The van der Waals surface area contributed by atoms with E-state index in [1.54, 1.807) is 25.1 Å². The molecule has 0 saturated carbocycles. The smallest absolute Gasteiger partial charge is 0.264 e. The predicted octanol–water partition coefficient (Wildman–Crippen LogP) is 2.87. The number of halogens is 1. The zero-order valence-corrected chi connectivity index (χ0v) is 13.9. The van der Waals surface area contributed by atoms with Crippen molar-refractivity contribution < 1.29 is 17.9 Å². The summed E-state index contributed by atoms with van der Waals surface area (Å²) in [6.07, 6.45) is 0. The van der Waals surface area contributed by atoms with Gasteiger partial charge in [0.1, 0.15) is 0 Å². The van der Waals surface area contributed by atoms with Crippen molar-refractivity contribution in [2.45, 2.75) is 11.8 Å². The van der Waals surface area contributed by atoms with Crippen LogP contribution in [0.25, 0.3) is 0 Å². The van der Waals surface area contributed by atoms with E-state index in [4.69, 9.17) is 26.8 Å². The summed E-state index contributed by atoms with van der Waals surface area (Å²) >= 11 is 5.86. The summed E-state index contributed by atoms with van der Waals surface area (Å²) in [5.74, 6) is 1.12. The standard InChI is InChI=1S/C15H15ClN2O4S/c1-2-18(10-3-6-14-15(7-10)22-9-21-14)23(19,20)11-4-5-12(16)13(17)8-11/h3-8H,2,9,17H2,1H3. The summed E-state index contributed by atoms with van der Waals surface area (Å²) in [6.45, 7) is 2.14. The van der Waals surface area contributed by atoms with Gasteiger partial charge in [0.05, 0.1) is 21.3 Å². The Bertz CT molecular complexity index is 855. The second kappa shape index (κ2) is 5.82. The van der Waals surface area contributed by atoms with Crippen LogP contribution in [0.3, 0.4) is 0 Å². The number of sulfonamides is 1. The van der Waals surface area contributed by atoms with Crippen molar-refractivity contribution in [3.63, 3.8) is 0 Å². The van der Waals surface area contributed by atoms with Crippen molar-refractivity contribution in [1.29, 1.82) is 0 Å². The SMILES string of the molecule is CCN(c1ccc2c(c1)OCO2)S(=O)(=O)c1ccc(Cl)c(N)c1. The van der Waals surface area contributed by atoms with E-state index in [-0.39, 0.29) is 23.9 Å². The maximum absolute atomic E-state index is 12.9. The molecule has 0 spiro atoms. The Balaban J connectivity index is 2.03. The molecule has 1 aliphatic heterocycles. The Kier molecular flexibility index (Phi) is 3.99. The predicted molar refractivity (Wildman–Crippen MR) is 88.6 cm³/mol. The van der Waals surface area contributed by atoms with Crippen LogP contribution in [-0.4, -0.2) is 21.8 Å². The van der Waals surface area contributed by atoms with Crippen LogP contribution in [0.5, 0.6) is 11.5 Å². The molecule has 1 aliphatic rings. The number of hydrogen-bond donors (Lipinski definition) is 1. The van der Waals surface area contributed by atoms with Gasteiger partial charge in [-0.25, -0.2) is 8.42 Å². The molecule has 122 valence electrons. The number of benzene rings is 2. The monoisotopic (exact) mass is 354 g/mol. The topological polar surface area (TPSA) is 81.9 Å². The van der Waals surface area contributed by atoms with E-state index in [0.29, 0.717) is 22.2 Å². The first-order chi connectivity index (χ1) is 10.9. The molecule has 8 heteroatoms. The van der Waals surface area contributed by atoms with E-state index in [2.05, 4.69) is 0 Å². The number of rotatable bonds is 4. The highest BCUT2D eigenvalue weighted by atomic mass is 35.5. The van der Waals surface area contributed by atoms with E-state index in [1.807, 2.05) is 0 Å². The minimum Gasteiger partial charge on any atom is -0.454 e. The molecular weight excluding hydrogens is 340 g/mol. The Hall–Kier alpha value is -2.12. The second-order valence-corrected chi connectivity index (χ2v) is 7.16. The molecule has 0 aromatic heterocycles. The van der Waals surface area contributed by atoms with Gasteiger partial charge in [0, 0.05) is 12.6 Å². The summed E-state index contributed by atoms with van der Waals surface area (Å²) in [5.41, 5.74) is 6.43. The maximum atomic E-state index is 12.9. The third-order valence-corrected chi connectivity index (χ3v) is 5.73. The summed E-state index contributed by atoms with van der Waals surface area (Å²) < 4.78 is 37.6. The van der Waals surface area contributed by atoms with Gasteiger partial charge in [-0.2, -0.15) is 0 Å². The number of fused-ring (bicyclic) bond motifs is 1. The minimum atomic E-state index is -3.76. The molecule has 0 aliphatic carbocycles. The molecule has 1 heterocycles. The van der Waals surface area contributed by atoms with Gasteiger partial charge in [0.15, 0.2) is 11.5 Å². The number of anilines is 2. The normalized spacial score (nSPS) is 13.1. The fourth-order valence-corrected chi connectivity index (χ4v) is 3.96. The minimum absolute atomic E-state index is 0.0823. The highest BCUT2D eigenvalue weighted by Gasteiger charge is 2.26. The lowest BCUT2D eigenvalue weighted by Gasteiger charge is -2.23. The van der Waals surface area contributed by atoms with Gasteiger partial charge in [0.25, 0.3) is 10.0 Å². The van der Waals surface area contributed by atoms with Crippen molar-refractivity contribution >= 4 is 33.0 Å². The van der Waals surface area contributed by atoms with Crippen LogP contribution in [0.15, 0.2) is 41.3 Å². The van der Waals surface area contributed by atoms with Gasteiger partial charge in [0.2, 0.25) is 6.79 Å². The molecule has 6 nitrogen and oxygen atoms in total. The van der Waals surface area contributed by atoms with E-state index >= 15 is 0 Å². The number of nitrogen functional groups attached to an aromatic ring is 1. The number of nitrogens with zero attached hydrogens (tertiary/aromatic N) is 1. The largest absolute Gasteiger partial charge is 0.454 e. The van der Waals surface area contributed by atoms with Crippen LogP contribution in [0.4, 0.5) is 11.4 Å². The fraction of sp³-hybridized carbons (Fsp3) is 0.200. The molecule has 3 rings (SSSR count). The summed E-state index contributed by atoms with van der Waals surface area (Å²) in [4.78, 5) is 0.0823. The van der Waals surface area contributed by atoms with Crippen LogP contribution in [0.2, 0.25) is 5.02 Å². The molecule has 2 N–H and O–H groups in total. The van der Waals surface area contributed by atoms with E-state index in [0.717, 1.165) is 0 Å². The third-order valence-electron chi connectivity index (χ3n) is 3.49. The molecule has 0 bridgehead atoms. The van der Waals surface area contributed by atoms with Crippen molar-refractivity contribution in [3.05, 3.63) is 41.4 Å². The van der Waals surface area contributed by atoms with E-state index in [1.165, 1.54) is 22.5 Å². The zero-order valence-electron chi connectivity index (χ0n) is 12.3. The van der Waals surface area contributed by atoms with Crippen LogP contribution in [0.1, 0.15) is 6.92 Å². The zero-order chi connectivity index (χ0) is 16.6. The quantitative estimate of drug-likeness (QED) is 0.854. The Morgan fingerprint density at radius 2 is 1.91 bits per heavy atom. The first kappa shape index (κ1) is 15.8. The number of hydrogen-bond acceptors (Lipinski definition) is 5. The molecule has 0 radical (unpaired) electrons. The van der Waals surface area contributed by atoms with Crippen molar-refractivity contribution in [3.8, 4) is 11.5 Å². The summed E-state index contributed by atoms with van der Waals surface area (Å²) in [6, 6.07) is 9.26. The fourth-order valence-electron chi connectivity index (χ4n) is 2.34. The van der Waals surface area contributed by atoms with Crippen LogP contribution in [0, 0.1) is 0 Å². The molecule has 0 amide bonds. The van der Waals surface area contributed by atoms with E-state index < -0.39 is 10.0 Å². The molecule has 0 atom stereocenters. The average molecular weight is 355 g/mol. The van der Waals surface area contributed by atoms with Crippen LogP contribution in [-0.2, 0) is 10.0 Å². The molecule has 0 unspecified atom stereocenters. The van der Waals surface area contributed by atoms with Gasteiger partial charge in [-0.05, 0) is 37.3 Å². The first-order valence-electron chi connectivity index (χ1n) is 6.91. The first-order valence-corrected chi connectivity index (χ1v) is 8.72. The molecule has 2 aromatic carbocycles. The number of nitrogens with two attached hydrogens (primary N) is 1. The molecule has 23 heavy (non-hydrogen) atoms. The summed E-state index contributed by atoms with van der Waals surface area (Å²) in [5, 5.41) is 0.315. The Morgan fingerprint density at radius 1 is 1.17 bits per heavy atom. The highest BCUT2D eigenvalue weighted by Crippen LogP contribution is 2.37. The van der Waals surface area contributed by atoms with Crippen molar-refractivity contribution in [2.75, 3.05) is 23.4 Å². The van der Waals surface area contributed by atoms with Gasteiger partial charge >= 0.3 is 0 Å². The van der Waals surface area contributed by atoms with E-state index in [9.17, 15) is 8.42 Å². The maximum Gasteiger partial charge on any atom is 0.264 e. The summed E-state index contributed by atoms with van der Waals surface area (Å²) in [7, 11) is -3.76. The van der Waals surface area contributed by atoms with Gasteiger partial charge in [-0.1, -0.05) is 11.6 Å². The molecule has 2 aromatic rings. The average Bonchev–Trinajstić information content (AvgIpc) is 2.98. The second-order valence-electron chi connectivity index (χ2n) is 4.89. The Morgan fingerprint density at radius 3 is 2.61 bits per heavy atom. The molecule has 0 fully saturated rings. The van der Waals surface area contributed by atoms with Crippen LogP contribution >= 0.6 is 11.6 Å². The van der Waals surface area contributed by atoms with Crippen molar-refractivity contribution in [1.82, 2.24) is 0 Å². The lowest BCUT2D eigenvalue weighted by atomic mass is 10.3. The van der Waals surface area contributed by atoms with Crippen LogP contribution < -0.4 is 19.5 Å². The molecule has 0 saturated heterocycles. The lowest BCUT2D eigenvalue weighted by molar-refractivity contribution is 0.174.